The number of hydrogen-bond acceptors (Lipinski definition) is 1. The number of allylic oxidation sites excluding steroid dienone is 1. The van der Waals surface area contributed by atoms with Crippen LogP contribution < -0.4 is 5.32 Å². The van der Waals surface area contributed by atoms with Gasteiger partial charge < -0.3 is 5.32 Å². The second-order valence-electron chi connectivity index (χ2n) is 4.36. The molecule has 1 rings (SSSR count). The number of nitrogens with one attached hydrogen (secondary N) is 1. The van der Waals surface area contributed by atoms with Crippen molar-refractivity contribution in [1.82, 2.24) is 0 Å². The summed E-state index contributed by atoms with van der Waals surface area (Å²) in [6.45, 7) is 8.17. The molecule has 1 heteroatoms. The molecule has 0 aliphatic heterocycles. The van der Waals surface area contributed by atoms with Crippen molar-refractivity contribution in [2.75, 3.05) is 5.32 Å². The second kappa shape index (κ2) is 7.10. The highest BCUT2D eigenvalue weighted by Gasteiger charge is 2.00. The first-order valence-corrected chi connectivity index (χ1v) is 6.22. The third-order valence-corrected chi connectivity index (χ3v) is 2.71. The van der Waals surface area contributed by atoms with E-state index in [0.29, 0.717) is 6.04 Å². The normalized spacial score (nSPS) is 12.1. The minimum absolute atomic E-state index is 0.509. The van der Waals surface area contributed by atoms with Crippen LogP contribution in [0.5, 0.6) is 0 Å². The molecule has 0 aliphatic carbocycles. The lowest BCUT2D eigenvalue weighted by Crippen LogP contribution is -2.14. The van der Waals surface area contributed by atoms with E-state index in [1.165, 1.54) is 24.1 Å². The van der Waals surface area contributed by atoms with Crippen LogP contribution in [0.25, 0.3) is 0 Å². The molecule has 0 heterocycles. The van der Waals surface area contributed by atoms with E-state index in [9.17, 15) is 0 Å². The molecule has 0 aromatic heterocycles. The first-order valence-electron chi connectivity index (χ1n) is 6.22. The highest BCUT2D eigenvalue weighted by Crippen LogP contribution is 2.13. The van der Waals surface area contributed by atoms with E-state index in [4.69, 9.17) is 0 Å². The number of anilines is 1. The molecular formula is C15H23N. The summed E-state index contributed by atoms with van der Waals surface area (Å²) in [5.74, 6) is 0. The van der Waals surface area contributed by atoms with E-state index >= 15 is 0 Å². The summed E-state index contributed by atoms with van der Waals surface area (Å²) in [7, 11) is 0. The lowest BCUT2D eigenvalue weighted by atomic mass is 10.1. The monoisotopic (exact) mass is 217 g/mol. The predicted octanol–water partition coefficient (Wildman–Crippen LogP) is 4.41. The van der Waals surface area contributed by atoms with Gasteiger partial charge in [0.1, 0.15) is 0 Å². The van der Waals surface area contributed by atoms with Gasteiger partial charge in [-0.25, -0.2) is 0 Å². The molecule has 1 aromatic rings. The van der Waals surface area contributed by atoms with Crippen LogP contribution in [0, 0.1) is 0 Å². The molecule has 1 atom stereocenters. The Bertz CT molecular complexity index is 300. The van der Waals surface area contributed by atoms with Gasteiger partial charge in [0.15, 0.2) is 0 Å². The van der Waals surface area contributed by atoms with Gasteiger partial charge in [0.25, 0.3) is 0 Å². The summed E-state index contributed by atoms with van der Waals surface area (Å²) in [4.78, 5) is 0. The average Bonchev–Trinajstić information content (AvgIpc) is 2.29. The molecule has 0 bridgehead atoms. The lowest BCUT2D eigenvalue weighted by molar-refractivity contribution is 0.719. The molecule has 1 nitrogen and oxygen atoms in total. The second-order valence-corrected chi connectivity index (χ2v) is 4.36. The van der Waals surface area contributed by atoms with Gasteiger partial charge >= 0.3 is 0 Å². The van der Waals surface area contributed by atoms with E-state index in [1.807, 2.05) is 6.08 Å². The molecule has 0 fully saturated rings. The Hall–Kier alpha value is -1.24. The number of hydrogen-bond donors (Lipinski definition) is 1. The van der Waals surface area contributed by atoms with Crippen LogP contribution in [0.4, 0.5) is 5.69 Å². The molecule has 1 N–H and O–H groups in total. The van der Waals surface area contributed by atoms with Crippen molar-refractivity contribution < 1.29 is 0 Å². The molecular weight excluding hydrogens is 194 g/mol. The summed E-state index contributed by atoms with van der Waals surface area (Å²) < 4.78 is 0. The first-order chi connectivity index (χ1) is 7.76. The Labute approximate surface area is 99.6 Å². The van der Waals surface area contributed by atoms with Crippen LogP contribution in [0.3, 0.4) is 0 Å². The summed E-state index contributed by atoms with van der Waals surface area (Å²) in [6.07, 6.45) is 6.57. The third kappa shape index (κ3) is 4.52. The number of benzene rings is 1. The fourth-order valence-electron chi connectivity index (χ4n) is 1.78. The molecule has 0 saturated carbocycles. The Morgan fingerprint density at radius 1 is 1.31 bits per heavy atom. The van der Waals surface area contributed by atoms with Crippen LogP contribution in [-0.4, -0.2) is 6.04 Å². The van der Waals surface area contributed by atoms with Gasteiger partial charge in [-0.3, -0.25) is 0 Å². The Balaban J connectivity index is 2.44. The molecule has 16 heavy (non-hydrogen) atoms. The molecule has 1 unspecified atom stereocenters. The van der Waals surface area contributed by atoms with Crippen molar-refractivity contribution in [1.29, 1.82) is 0 Å². The molecule has 0 amide bonds. The minimum Gasteiger partial charge on any atom is -0.383 e. The van der Waals surface area contributed by atoms with Gasteiger partial charge in [-0.1, -0.05) is 31.6 Å². The van der Waals surface area contributed by atoms with E-state index in [1.54, 1.807) is 0 Å². The first kappa shape index (κ1) is 12.8. The molecule has 88 valence electrons. The fraction of sp³-hybridized carbons (Fsp3) is 0.467. The van der Waals surface area contributed by atoms with E-state index in [2.05, 4.69) is 50.0 Å². The SMILES string of the molecule is C=CCCC(C)Nc1ccc(CCC)cc1. The number of aryl methyl sites for hydroxylation is 1. The zero-order chi connectivity index (χ0) is 11.8. The van der Waals surface area contributed by atoms with Crippen molar-refractivity contribution in [2.24, 2.45) is 0 Å². The Morgan fingerprint density at radius 2 is 2.00 bits per heavy atom. The van der Waals surface area contributed by atoms with Crippen LogP contribution in [0.15, 0.2) is 36.9 Å². The van der Waals surface area contributed by atoms with Gasteiger partial charge in [0, 0.05) is 11.7 Å². The maximum absolute atomic E-state index is 3.74. The maximum atomic E-state index is 3.74. The number of rotatable bonds is 7. The van der Waals surface area contributed by atoms with Crippen molar-refractivity contribution in [3.05, 3.63) is 42.5 Å². The van der Waals surface area contributed by atoms with Gasteiger partial charge in [-0.2, -0.15) is 0 Å². The van der Waals surface area contributed by atoms with Crippen molar-refractivity contribution in [3.8, 4) is 0 Å². The van der Waals surface area contributed by atoms with Gasteiger partial charge in [-0.15, -0.1) is 6.58 Å². The maximum Gasteiger partial charge on any atom is 0.0342 e. The van der Waals surface area contributed by atoms with Crippen LogP contribution >= 0.6 is 0 Å². The third-order valence-electron chi connectivity index (χ3n) is 2.71. The zero-order valence-corrected chi connectivity index (χ0v) is 10.5. The molecule has 1 aromatic carbocycles. The van der Waals surface area contributed by atoms with E-state index in [-0.39, 0.29) is 0 Å². The van der Waals surface area contributed by atoms with Gasteiger partial charge in [-0.05, 0) is 43.9 Å². The summed E-state index contributed by atoms with van der Waals surface area (Å²) >= 11 is 0. The predicted molar refractivity (Wildman–Crippen MR) is 73.0 cm³/mol. The molecule has 0 aliphatic rings. The standard InChI is InChI=1S/C15H23N/c1-4-6-8-13(3)16-15-11-9-14(7-5-2)10-12-15/h4,9-13,16H,1,5-8H2,2-3H3. The average molecular weight is 217 g/mol. The quantitative estimate of drug-likeness (QED) is 0.667. The van der Waals surface area contributed by atoms with Crippen molar-refractivity contribution >= 4 is 5.69 Å². The topological polar surface area (TPSA) is 12.0 Å². The highest BCUT2D eigenvalue weighted by molar-refractivity contribution is 5.45. The van der Waals surface area contributed by atoms with E-state index < -0.39 is 0 Å². The van der Waals surface area contributed by atoms with Gasteiger partial charge in [0.05, 0.1) is 0 Å². The van der Waals surface area contributed by atoms with Crippen molar-refractivity contribution in [3.63, 3.8) is 0 Å². The fourth-order valence-corrected chi connectivity index (χ4v) is 1.78. The largest absolute Gasteiger partial charge is 0.383 e. The van der Waals surface area contributed by atoms with Gasteiger partial charge in [0.2, 0.25) is 0 Å². The summed E-state index contributed by atoms with van der Waals surface area (Å²) in [5.41, 5.74) is 2.64. The summed E-state index contributed by atoms with van der Waals surface area (Å²) in [5, 5.41) is 3.50. The van der Waals surface area contributed by atoms with Crippen molar-refractivity contribution in [2.45, 2.75) is 45.6 Å². The molecule has 0 saturated heterocycles. The lowest BCUT2D eigenvalue weighted by Gasteiger charge is -2.14. The summed E-state index contributed by atoms with van der Waals surface area (Å²) in [6, 6.07) is 9.29. The zero-order valence-electron chi connectivity index (χ0n) is 10.5. The van der Waals surface area contributed by atoms with Crippen LogP contribution in [0.1, 0.15) is 38.7 Å². The van der Waals surface area contributed by atoms with E-state index in [0.717, 1.165) is 12.8 Å². The smallest absolute Gasteiger partial charge is 0.0342 e. The Morgan fingerprint density at radius 3 is 2.56 bits per heavy atom. The molecule has 0 spiro atoms. The molecule has 0 radical (unpaired) electrons. The minimum atomic E-state index is 0.509. The Kier molecular flexibility index (Phi) is 5.69. The van der Waals surface area contributed by atoms with Crippen LogP contribution in [-0.2, 0) is 6.42 Å². The highest BCUT2D eigenvalue weighted by atomic mass is 14.9. The van der Waals surface area contributed by atoms with Crippen LogP contribution in [0.2, 0.25) is 0 Å².